The van der Waals surface area contributed by atoms with Crippen molar-refractivity contribution in [3.63, 3.8) is 0 Å². The highest BCUT2D eigenvalue weighted by Crippen LogP contribution is 2.26. The van der Waals surface area contributed by atoms with Crippen LogP contribution < -0.4 is 11.1 Å². The molecule has 2 rings (SSSR count). The Labute approximate surface area is 133 Å². The third-order valence-corrected chi connectivity index (χ3v) is 3.79. The van der Waals surface area contributed by atoms with Crippen molar-refractivity contribution in [3.05, 3.63) is 58.1 Å². The van der Waals surface area contributed by atoms with Crippen LogP contribution >= 0.6 is 28.1 Å². The van der Waals surface area contributed by atoms with Crippen molar-refractivity contribution in [1.82, 2.24) is 0 Å². The zero-order valence-corrected chi connectivity index (χ0v) is 13.9. The molecule has 0 saturated carbocycles. The first-order valence-electron chi connectivity index (χ1n) is 6.43. The summed E-state index contributed by atoms with van der Waals surface area (Å²) < 4.78 is 0.960. The van der Waals surface area contributed by atoms with Crippen LogP contribution in [0.5, 0.6) is 0 Å². The maximum atomic E-state index is 5.79. The second kappa shape index (κ2) is 6.37. The number of benzene rings is 2. The van der Waals surface area contributed by atoms with Gasteiger partial charge in [-0.3, -0.25) is 0 Å². The molecular formula is C16H17BrN2S. The van der Waals surface area contributed by atoms with Gasteiger partial charge in [0.2, 0.25) is 0 Å². The first-order chi connectivity index (χ1) is 9.47. The smallest absolute Gasteiger partial charge is 0.106 e. The summed E-state index contributed by atoms with van der Waals surface area (Å²) >= 11 is 8.55. The number of nitrogens with two attached hydrogens (primary N) is 1. The Hall–Kier alpha value is -1.39. The van der Waals surface area contributed by atoms with E-state index in [-0.39, 0.29) is 0 Å². The lowest BCUT2D eigenvalue weighted by Crippen LogP contribution is -2.12. The van der Waals surface area contributed by atoms with Crippen LogP contribution in [0.4, 0.5) is 11.4 Å². The Kier molecular flexibility index (Phi) is 4.78. The number of thiocarbonyl (C=S) groups is 1. The summed E-state index contributed by atoms with van der Waals surface area (Å²) in [5, 5.41) is 3.39. The minimum Gasteiger partial charge on any atom is -0.389 e. The molecule has 0 bridgehead atoms. The van der Waals surface area contributed by atoms with Gasteiger partial charge in [-0.1, -0.05) is 54.1 Å². The van der Waals surface area contributed by atoms with Crippen molar-refractivity contribution in [2.75, 3.05) is 5.32 Å². The van der Waals surface area contributed by atoms with E-state index in [1.165, 1.54) is 5.56 Å². The molecule has 3 N–H and O–H groups in total. The van der Waals surface area contributed by atoms with Crippen molar-refractivity contribution in [2.45, 2.75) is 19.8 Å². The molecule has 2 aromatic rings. The Morgan fingerprint density at radius 3 is 2.60 bits per heavy atom. The molecule has 0 aliphatic heterocycles. The second-order valence-corrected chi connectivity index (χ2v) is 6.31. The van der Waals surface area contributed by atoms with Gasteiger partial charge in [-0.05, 0) is 41.8 Å². The number of rotatable bonds is 4. The lowest BCUT2D eigenvalue weighted by molar-refractivity contribution is 0.867. The Morgan fingerprint density at radius 1 is 1.20 bits per heavy atom. The van der Waals surface area contributed by atoms with Crippen molar-refractivity contribution in [2.24, 2.45) is 5.73 Å². The first kappa shape index (κ1) is 15.0. The molecule has 0 heterocycles. The van der Waals surface area contributed by atoms with Gasteiger partial charge in [0.05, 0.1) is 0 Å². The zero-order chi connectivity index (χ0) is 14.7. The molecule has 0 unspecified atom stereocenters. The van der Waals surface area contributed by atoms with Crippen molar-refractivity contribution < 1.29 is 0 Å². The van der Waals surface area contributed by atoms with Gasteiger partial charge in [-0.25, -0.2) is 0 Å². The standard InChI is InChI=1S/C16H17BrN2S/c1-10(2)11-4-3-5-13(8-11)19-15-7-6-12(17)9-14(15)16(18)20/h3-10,19H,1-2H3,(H2,18,20). The van der Waals surface area contributed by atoms with E-state index in [0.29, 0.717) is 10.9 Å². The fourth-order valence-electron chi connectivity index (χ4n) is 1.96. The Morgan fingerprint density at radius 2 is 1.95 bits per heavy atom. The highest BCUT2D eigenvalue weighted by atomic mass is 79.9. The third kappa shape index (κ3) is 3.58. The normalized spacial score (nSPS) is 10.6. The number of nitrogens with one attached hydrogen (secondary N) is 1. The highest BCUT2D eigenvalue weighted by Gasteiger charge is 2.07. The average Bonchev–Trinajstić information content (AvgIpc) is 2.41. The molecule has 0 aromatic heterocycles. The number of halogens is 1. The van der Waals surface area contributed by atoms with Gasteiger partial charge < -0.3 is 11.1 Å². The van der Waals surface area contributed by atoms with Crippen molar-refractivity contribution >= 4 is 44.5 Å². The minimum atomic E-state index is 0.383. The lowest BCUT2D eigenvalue weighted by Gasteiger charge is -2.13. The van der Waals surface area contributed by atoms with Crippen LogP contribution in [-0.2, 0) is 0 Å². The molecule has 4 heteroatoms. The number of hydrogen-bond donors (Lipinski definition) is 2. The predicted octanol–water partition coefficient (Wildman–Crippen LogP) is 4.95. The maximum Gasteiger partial charge on any atom is 0.106 e. The molecule has 20 heavy (non-hydrogen) atoms. The van der Waals surface area contributed by atoms with Crippen LogP contribution in [0.25, 0.3) is 0 Å². The fraction of sp³-hybridized carbons (Fsp3) is 0.188. The van der Waals surface area contributed by atoms with Gasteiger partial charge in [0.1, 0.15) is 4.99 Å². The van der Waals surface area contributed by atoms with Gasteiger partial charge in [0, 0.05) is 21.4 Å². The highest BCUT2D eigenvalue weighted by molar-refractivity contribution is 9.10. The number of anilines is 2. The minimum absolute atomic E-state index is 0.383. The fourth-order valence-corrected chi connectivity index (χ4v) is 2.49. The monoisotopic (exact) mass is 348 g/mol. The van der Waals surface area contributed by atoms with E-state index in [1.54, 1.807) is 0 Å². The van der Waals surface area contributed by atoms with E-state index in [1.807, 2.05) is 24.3 Å². The van der Waals surface area contributed by atoms with Crippen molar-refractivity contribution in [1.29, 1.82) is 0 Å². The maximum absolute atomic E-state index is 5.79. The van der Waals surface area contributed by atoms with Crippen LogP contribution in [0, 0.1) is 0 Å². The van der Waals surface area contributed by atoms with E-state index in [0.717, 1.165) is 21.4 Å². The average molecular weight is 349 g/mol. The van der Waals surface area contributed by atoms with Crippen LogP contribution in [0.15, 0.2) is 46.9 Å². The van der Waals surface area contributed by atoms with E-state index in [4.69, 9.17) is 18.0 Å². The van der Waals surface area contributed by atoms with Crippen LogP contribution in [0.3, 0.4) is 0 Å². The van der Waals surface area contributed by atoms with E-state index in [9.17, 15) is 0 Å². The third-order valence-electron chi connectivity index (χ3n) is 3.08. The first-order valence-corrected chi connectivity index (χ1v) is 7.64. The second-order valence-electron chi connectivity index (χ2n) is 4.96. The van der Waals surface area contributed by atoms with Crippen LogP contribution in [0.2, 0.25) is 0 Å². The zero-order valence-electron chi connectivity index (χ0n) is 11.5. The Bertz CT molecular complexity index is 638. The summed E-state index contributed by atoms with van der Waals surface area (Å²) in [6, 6.07) is 14.2. The molecule has 104 valence electrons. The molecule has 2 aromatic carbocycles. The molecule has 0 radical (unpaired) electrons. The summed E-state index contributed by atoms with van der Waals surface area (Å²) in [6.45, 7) is 4.36. The topological polar surface area (TPSA) is 38.0 Å². The van der Waals surface area contributed by atoms with E-state index < -0.39 is 0 Å². The SMILES string of the molecule is CC(C)c1cccc(Nc2ccc(Br)cc2C(N)=S)c1. The summed E-state index contributed by atoms with van der Waals surface area (Å²) in [4.78, 5) is 0.383. The summed E-state index contributed by atoms with van der Waals surface area (Å²) in [7, 11) is 0. The van der Waals surface area contributed by atoms with E-state index >= 15 is 0 Å². The summed E-state index contributed by atoms with van der Waals surface area (Å²) in [6.07, 6.45) is 0. The molecule has 0 saturated heterocycles. The summed E-state index contributed by atoms with van der Waals surface area (Å²) in [5.41, 5.74) is 9.87. The summed E-state index contributed by atoms with van der Waals surface area (Å²) in [5.74, 6) is 0.497. The molecule has 0 aliphatic rings. The predicted molar refractivity (Wildman–Crippen MR) is 93.8 cm³/mol. The number of hydrogen-bond acceptors (Lipinski definition) is 2. The van der Waals surface area contributed by atoms with Gasteiger partial charge in [-0.15, -0.1) is 0 Å². The van der Waals surface area contributed by atoms with E-state index in [2.05, 4.69) is 53.3 Å². The van der Waals surface area contributed by atoms with Gasteiger partial charge in [0.25, 0.3) is 0 Å². The van der Waals surface area contributed by atoms with Gasteiger partial charge in [0.15, 0.2) is 0 Å². The molecule has 0 amide bonds. The van der Waals surface area contributed by atoms with Gasteiger partial charge in [-0.2, -0.15) is 0 Å². The largest absolute Gasteiger partial charge is 0.389 e. The van der Waals surface area contributed by atoms with Crippen LogP contribution in [-0.4, -0.2) is 4.99 Å². The Balaban J connectivity index is 2.35. The van der Waals surface area contributed by atoms with Crippen LogP contribution in [0.1, 0.15) is 30.9 Å². The quantitative estimate of drug-likeness (QED) is 0.767. The molecular weight excluding hydrogens is 332 g/mol. The molecule has 0 spiro atoms. The molecule has 0 fully saturated rings. The van der Waals surface area contributed by atoms with Gasteiger partial charge >= 0.3 is 0 Å². The molecule has 0 atom stereocenters. The molecule has 0 aliphatic carbocycles. The molecule has 2 nitrogen and oxygen atoms in total. The lowest BCUT2D eigenvalue weighted by atomic mass is 10.0. The van der Waals surface area contributed by atoms with Crippen molar-refractivity contribution in [3.8, 4) is 0 Å².